The first-order chi connectivity index (χ1) is 9.58. The lowest BCUT2D eigenvalue weighted by Gasteiger charge is -2.13. The molecule has 4 nitrogen and oxygen atoms in total. The van der Waals surface area contributed by atoms with Crippen molar-refractivity contribution >= 4 is 12.0 Å². The Labute approximate surface area is 117 Å². The fraction of sp³-hybridized carbons (Fsp3) is 0.467. The number of hydrogen-bond acceptors (Lipinski definition) is 3. The van der Waals surface area contributed by atoms with E-state index >= 15 is 0 Å². The highest BCUT2D eigenvalue weighted by Gasteiger charge is 2.27. The van der Waals surface area contributed by atoms with Gasteiger partial charge in [-0.15, -0.1) is 0 Å². The normalized spacial score (nSPS) is 16.1. The summed E-state index contributed by atoms with van der Waals surface area (Å²) in [5.41, 5.74) is 1.06. The number of carbonyl (C=O) groups excluding carboxylic acids is 2. The van der Waals surface area contributed by atoms with E-state index in [9.17, 15) is 14.0 Å². The number of ether oxygens (including phenoxy) is 1. The van der Waals surface area contributed by atoms with Crippen LogP contribution in [0.15, 0.2) is 24.3 Å². The average Bonchev–Trinajstić information content (AvgIpc) is 2.85. The fourth-order valence-corrected chi connectivity index (χ4v) is 2.27. The van der Waals surface area contributed by atoms with E-state index in [1.165, 1.54) is 12.1 Å². The summed E-state index contributed by atoms with van der Waals surface area (Å²) in [7, 11) is 0. The molecule has 1 aliphatic rings. The largest absolute Gasteiger partial charge is 0.447 e. The SMILES string of the molecule is C[C@@H](CCCC(=O)N1CCOC1=O)c1ccc(F)cc1. The van der Waals surface area contributed by atoms with E-state index in [0.717, 1.165) is 16.9 Å². The van der Waals surface area contributed by atoms with E-state index in [4.69, 9.17) is 4.74 Å². The average molecular weight is 279 g/mol. The van der Waals surface area contributed by atoms with Crippen molar-refractivity contribution in [3.63, 3.8) is 0 Å². The van der Waals surface area contributed by atoms with Gasteiger partial charge in [0.25, 0.3) is 0 Å². The zero-order valence-corrected chi connectivity index (χ0v) is 11.5. The monoisotopic (exact) mass is 279 g/mol. The van der Waals surface area contributed by atoms with Crippen molar-refractivity contribution in [3.8, 4) is 0 Å². The summed E-state index contributed by atoms with van der Waals surface area (Å²) < 4.78 is 17.5. The quantitative estimate of drug-likeness (QED) is 0.832. The molecule has 0 radical (unpaired) electrons. The van der Waals surface area contributed by atoms with Crippen LogP contribution in [-0.4, -0.2) is 30.1 Å². The Kier molecular flexibility index (Phi) is 4.71. The van der Waals surface area contributed by atoms with E-state index in [2.05, 4.69) is 0 Å². The predicted molar refractivity (Wildman–Crippen MR) is 71.7 cm³/mol. The van der Waals surface area contributed by atoms with Gasteiger partial charge in [-0.05, 0) is 36.5 Å². The third kappa shape index (κ3) is 3.56. The molecule has 1 fully saturated rings. The van der Waals surface area contributed by atoms with Crippen LogP contribution in [0.25, 0.3) is 0 Å². The number of carbonyl (C=O) groups is 2. The van der Waals surface area contributed by atoms with Crippen LogP contribution in [0.4, 0.5) is 9.18 Å². The van der Waals surface area contributed by atoms with Gasteiger partial charge in [-0.25, -0.2) is 14.1 Å². The molecule has 0 bridgehead atoms. The van der Waals surface area contributed by atoms with Gasteiger partial charge in [0.05, 0.1) is 6.54 Å². The third-order valence-electron chi connectivity index (χ3n) is 3.53. The van der Waals surface area contributed by atoms with Gasteiger partial charge in [-0.1, -0.05) is 19.1 Å². The van der Waals surface area contributed by atoms with Crippen molar-refractivity contribution in [1.29, 1.82) is 0 Å². The molecule has 0 spiro atoms. The van der Waals surface area contributed by atoms with Crippen molar-refractivity contribution < 1.29 is 18.7 Å². The first-order valence-corrected chi connectivity index (χ1v) is 6.80. The molecule has 1 heterocycles. The van der Waals surface area contributed by atoms with Crippen LogP contribution in [-0.2, 0) is 9.53 Å². The van der Waals surface area contributed by atoms with E-state index < -0.39 is 6.09 Å². The smallest absolute Gasteiger partial charge is 0.416 e. The predicted octanol–water partition coefficient (Wildman–Crippen LogP) is 3.08. The second-order valence-corrected chi connectivity index (χ2v) is 5.00. The molecular formula is C15H18FNO3. The maximum atomic E-state index is 12.8. The zero-order chi connectivity index (χ0) is 14.5. The molecule has 0 aromatic heterocycles. The lowest BCUT2D eigenvalue weighted by Crippen LogP contribution is -2.31. The number of amides is 2. The van der Waals surface area contributed by atoms with Crippen LogP contribution in [0.2, 0.25) is 0 Å². The van der Waals surface area contributed by atoms with Crippen LogP contribution >= 0.6 is 0 Å². The second kappa shape index (κ2) is 6.50. The van der Waals surface area contributed by atoms with Crippen LogP contribution in [0.5, 0.6) is 0 Å². The molecule has 20 heavy (non-hydrogen) atoms. The molecule has 2 amide bonds. The van der Waals surface area contributed by atoms with E-state index in [1.807, 2.05) is 6.92 Å². The Hall–Kier alpha value is -1.91. The van der Waals surface area contributed by atoms with E-state index in [0.29, 0.717) is 19.4 Å². The Morgan fingerprint density at radius 2 is 2.10 bits per heavy atom. The maximum absolute atomic E-state index is 12.8. The molecule has 0 N–H and O–H groups in total. The van der Waals surface area contributed by atoms with Gasteiger partial charge in [0, 0.05) is 6.42 Å². The summed E-state index contributed by atoms with van der Waals surface area (Å²) in [6.07, 6.45) is 1.31. The number of halogens is 1. The van der Waals surface area contributed by atoms with Gasteiger partial charge in [-0.2, -0.15) is 0 Å². The molecule has 0 aliphatic carbocycles. The molecule has 1 aliphatic heterocycles. The summed E-state index contributed by atoms with van der Waals surface area (Å²) in [6.45, 7) is 2.68. The minimum absolute atomic E-state index is 0.182. The molecule has 5 heteroatoms. The Bertz CT molecular complexity index is 486. The van der Waals surface area contributed by atoms with Crippen LogP contribution in [0, 0.1) is 5.82 Å². The zero-order valence-electron chi connectivity index (χ0n) is 11.5. The van der Waals surface area contributed by atoms with E-state index in [1.54, 1.807) is 12.1 Å². The second-order valence-electron chi connectivity index (χ2n) is 5.00. The maximum Gasteiger partial charge on any atom is 0.416 e. The lowest BCUT2D eigenvalue weighted by molar-refractivity contribution is -0.127. The van der Waals surface area contributed by atoms with Crippen LogP contribution in [0.1, 0.15) is 37.7 Å². The van der Waals surface area contributed by atoms with E-state index in [-0.39, 0.29) is 24.2 Å². The van der Waals surface area contributed by atoms with Crippen molar-refractivity contribution in [1.82, 2.24) is 4.90 Å². The number of rotatable bonds is 5. The lowest BCUT2D eigenvalue weighted by atomic mass is 9.95. The van der Waals surface area contributed by atoms with Gasteiger partial charge in [0.15, 0.2) is 0 Å². The van der Waals surface area contributed by atoms with Gasteiger partial charge in [-0.3, -0.25) is 4.79 Å². The fourth-order valence-electron chi connectivity index (χ4n) is 2.27. The molecule has 1 aromatic carbocycles. The molecule has 1 aromatic rings. The number of hydrogen-bond donors (Lipinski definition) is 0. The minimum atomic E-state index is -0.540. The third-order valence-corrected chi connectivity index (χ3v) is 3.53. The van der Waals surface area contributed by atoms with Crippen molar-refractivity contribution in [2.24, 2.45) is 0 Å². The summed E-state index contributed by atoms with van der Waals surface area (Å²) in [4.78, 5) is 24.2. The van der Waals surface area contributed by atoms with Crippen molar-refractivity contribution in [2.45, 2.75) is 32.1 Å². The molecule has 1 saturated heterocycles. The number of imide groups is 1. The van der Waals surface area contributed by atoms with Gasteiger partial charge in [0.1, 0.15) is 12.4 Å². The number of benzene rings is 1. The van der Waals surface area contributed by atoms with Crippen LogP contribution < -0.4 is 0 Å². The Morgan fingerprint density at radius 3 is 2.70 bits per heavy atom. The van der Waals surface area contributed by atoms with Gasteiger partial charge in [0.2, 0.25) is 5.91 Å². The molecule has 108 valence electrons. The molecule has 1 atom stereocenters. The van der Waals surface area contributed by atoms with Gasteiger partial charge >= 0.3 is 6.09 Å². The first kappa shape index (κ1) is 14.5. The topological polar surface area (TPSA) is 46.6 Å². The standard InChI is InChI=1S/C15H18FNO3/c1-11(12-5-7-13(16)8-6-12)3-2-4-14(18)17-9-10-20-15(17)19/h5-8,11H,2-4,9-10H2,1H3/t11-/m0/s1. The first-order valence-electron chi connectivity index (χ1n) is 6.80. The molecule has 0 saturated carbocycles. The van der Waals surface area contributed by atoms with Crippen LogP contribution in [0.3, 0.4) is 0 Å². The molecular weight excluding hydrogens is 261 g/mol. The summed E-state index contributed by atoms with van der Waals surface area (Å²) in [6, 6.07) is 6.41. The Morgan fingerprint density at radius 1 is 1.40 bits per heavy atom. The summed E-state index contributed by atoms with van der Waals surface area (Å²) in [5, 5.41) is 0. The van der Waals surface area contributed by atoms with Crippen molar-refractivity contribution in [2.75, 3.05) is 13.2 Å². The highest BCUT2D eigenvalue weighted by atomic mass is 19.1. The highest BCUT2D eigenvalue weighted by molar-refractivity contribution is 5.92. The van der Waals surface area contributed by atoms with Gasteiger partial charge < -0.3 is 4.74 Å². The summed E-state index contributed by atoms with van der Waals surface area (Å²) in [5.74, 6) is -0.170. The molecule has 2 rings (SSSR count). The summed E-state index contributed by atoms with van der Waals surface area (Å²) >= 11 is 0. The molecule has 0 unspecified atom stereocenters. The number of nitrogens with zero attached hydrogens (tertiary/aromatic N) is 1. The number of cyclic esters (lactones) is 1. The highest BCUT2D eigenvalue weighted by Crippen LogP contribution is 2.22. The Balaban J connectivity index is 1.76. The van der Waals surface area contributed by atoms with Crippen molar-refractivity contribution in [3.05, 3.63) is 35.6 Å². The minimum Gasteiger partial charge on any atom is -0.447 e.